The Morgan fingerprint density at radius 1 is 1.22 bits per heavy atom. The number of benzene rings is 2. The molecule has 6 rings (SSSR count). The van der Waals surface area contributed by atoms with Gasteiger partial charge < -0.3 is 15.4 Å². The maximum atomic E-state index is 15.1. The average molecular weight is 436 g/mol. The molecule has 2 aliphatic heterocycles. The zero-order valence-electron chi connectivity index (χ0n) is 18.6. The molecule has 1 aromatic heterocycles. The highest BCUT2D eigenvalue weighted by Crippen LogP contribution is 2.48. The first-order valence-electron chi connectivity index (χ1n) is 11.6. The maximum absolute atomic E-state index is 15.1. The fourth-order valence-corrected chi connectivity index (χ4v) is 5.29. The number of fused-ring (bicyclic) bond motifs is 3. The van der Waals surface area contributed by atoms with E-state index in [0.717, 1.165) is 47.4 Å². The number of alkyl halides is 1. The molecule has 0 radical (unpaired) electrons. The molecule has 1 aliphatic carbocycles. The number of hydrogen-bond acceptors (Lipinski definition) is 5. The molecule has 3 aromatic rings. The second kappa shape index (κ2) is 7.46. The minimum absolute atomic E-state index is 0.0596. The highest BCUT2D eigenvalue weighted by molar-refractivity contribution is 5.83. The van der Waals surface area contributed by atoms with E-state index in [1.54, 1.807) is 7.11 Å². The lowest BCUT2D eigenvalue weighted by Crippen LogP contribution is -2.51. The van der Waals surface area contributed by atoms with Crippen LogP contribution in [0, 0.1) is 0 Å². The summed E-state index contributed by atoms with van der Waals surface area (Å²) in [4.78, 5) is 2.35. The van der Waals surface area contributed by atoms with E-state index in [0.29, 0.717) is 25.4 Å². The van der Waals surface area contributed by atoms with Gasteiger partial charge in [-0.05, 0) is 49.4 Å². The summed E-state index contributed by atoms with van der Waals surface area (Å²) in [5.74, 6) is 0.841. The molecule has 2 aromatic carbocycles. The Morgan fingerprint density at radius 2 is 2.03 bits per heavy atom. The minimum Gasteiger partial charge on any atom is -0.496 e. The molecule has 3 heterocycles. The summed E-state index contributed by atoms with van der Waals surface area (Å²) in [5.41, 5.74) is 4.66. The monoisotopic (exact) mass is 435 g/mol. The quantitative estimate of drug-likeness (QED) is 0.550. The molecule has 6 nitrogen and oxygen atoms in total. The number of halogens is 1. The number of nitrogens with one attached hydrogen (secondary N) is 3. The van der Waals surface area contributed by atoms with Gasteiger partial charge in [0.05, 0.1) is 30.9 Å². The summed E-state index contributed by atoms with van der Waals surface area (Å²) >= 11 is 0. The van der Waals surface area contributed by atoms with Crippen molar-refractivity contribution in [2.75, 3.05) is 32.1 Å². The van der Waals surface area contributed by atoms with Crippen LogP contribution in [0.1, 0.15) is 42.5 Å². The normalized spacial score (nSPS) is 24.7. The molecule has 2 atom stereocenters. The largest absolute Gasteiger partial charge is 0.496 e. The summed E-state index contributed by atoms with van der Waals surface area (Å²) in [6.07, 6.45) is 4.12. The van der Waals surface area contributed by atoms with Gasteiger partial charge in [0.1, 0.15) is 11.4 Å². The van der Waals surface area contributed by atoms with Crippen molar-refractivity contribution in [2.45, 2.75) is 50.0 Å². The van der Waals surface area contributed by atoms with Crippen LogP contribution in [-0.2, 0) is 6.42 Å². The van der Waals surface area contributed by atoms with Gasteiger partial charge in [-0.3, -0.25) is 10.00 Å². The number of methoxy groups -OCH3 is 1. The van der Waals surface area contributed by atoms with Gasteiger partial charge in [0.15, 0.2) is 0 Å². The molecule has 0 spiro atoms. The van der Waals surface area contributed by atoms with E-state index in [4.69, 9.17) is 4.74 Å². The van der Waals surface area contributed by atoms with E-state index in [2.05, 4.69) is 63.0 Å². The summed E-state index contributed by atoms with van der Waals surface area (Å²) in [5, 5.41) is 15.4. The molecular weight excluding hydrogens is 405 g/mol. The highest BCUT2D eigenvalue weighted by Gasteiger charge is 2.48. The number of aromatic nitrogens is 2. The third kappa shape index (κ3) is 3.35. The van der Waals surface area contributed by atoms with Crippen LogP contribution in [0.4, 0.5) is 10.1 Å². The van der Waals surface area contributed by atoms with Crippen molar-refractivity contribution in [3.8, 4) is 5.75 Å². The number of aromatic amines is 1. The first-order chi connectivity index (χ1) is 15.5. The number of rotatable bonds is 6. The summed E-state index contributed by atoms with van der Waals surface area (Å²) < 4.78 is 21.0. The minimum atomic E-state index is -1.06. The molecule has 1 unspecified atom stereocenters. The second-order valence-electron chi connectivity index (χ2n) is 9.70. The molecule has 32 heavy (non-hydrogen) atoms. The van der Waals surface area contributed by atoms with E-state index < -0.39 is 5.67 Å². The van der Waals surface area contributed by atoms with Crippen LogP contribution in [0.25, 0.3) is 10.9 Å². The van der Waals surface area contributed by atoms with Crippen LogP contribution < -0.4 is 15.4 Å². The summed E-state index contributed by atoms with van der Waals surface area (Å²) in [6, 6.07) is 11.3. The third-order valence-corrected chi connectivity index (χ3v) is 7.40. The molecule has 1 saturated carbocycles. The van der Waals surface area contributed by atoms with E-state index in [9.17, 15) is 0 Å². The standard InChI is InChI=1S/C25H30FN5O/c1-15-9-20-18(5-6-22-21(20)13-28-30-22)24(31(15)14-25(26)7-8-25)19-4-3-16(10-23(19)32-2)29-17-11-27-12-17/h3-6,10,13,15,17,24,27,29H,7-9,11-12,14H2,1-2H3,(H,28,30)/t15-,24?/m1/s1. The fourth-order valence-electron chi connectivity index (χ4n) is 5.29. The van der Waals surface area contributed by atoms with Crippen molar-refractivity contribution in [3.05, 3.63) is 53.2 Å². The van der Waals surface area contributed by atoms with Gasteiger partial charge in [-0.25, -0.2) is 4.39 Å². The summed E-state index contributed by atoms with van der Waals surface area (Å²) in [7, 11) is 1.72. The molecule has 2 fully saturated rings. The van der Waals surface area contributed by atoms with E-state index in [1.165, 1.54) is 11.1 Å². The van der Waals surface area contributed by atoms with Crippen molar-refractivity contribution in [3.63, 3.8) is 0 Å². The Hall–Kier alpha value is -2.64. The summed E-state index contributed by atoms with van der Waals surface area (Å²) in [6.45, 7) is 4.63. The van der Waals surface area contributed by atoms with E-state index in [-0.39, 0.29) is 12.1 Å². The Kier molecular flexibility index (Phi) is 4.66. The van der Waals surface area contributed by atoms with E-state index >= 15 is 4.39 Å². The van der Waals surface area contributed by atoms with Gasteiger partial charge in [0, 0.05) is 48.4 Å². The van der Waals surface area contributed by atoms with Crippen molar-refractivity contribution in [2.24, 2.45) is 0 Å². The lowest BCUT2D eigenvalue weighted by Gasteiger charge is -2.43. The Labute approximate surface area is 187 Å². The second-order valence-corrected chi connectivity index (χ2v) is 9.70. The number of H-pyrrole nitrogens is 1. The first-order valence-corrected chi connectivity index (χ1v) is 11.6. The van der Waals surface area contributed by atoms with Crippen LogP contribution in [0.15, 0.2) is 36.5 Å². The van der Waals surface area contributed by atoms with Crippen LogP contribution in [0.5, 0.6) is 5.75 Å². The van der Waals surface area contributed by atoms with Crippen LogP contribution >= 0.6 is 0 Å². The maximum Gasteiger partial charge on any atom is 0.126 e. The van der Waals surface area contributed by atoms with Crippen LogP contribution in [0.3, 0.4) is 0 Å². The van der Waals surface area contributed by atoms with Crippen molar-refractivity contribution >= 4 is 16.6 Å². The van der Waals surface area contributed by atoms with Crippen molar-refractivity contribution in [1.29, 1.82) is 0 Å². The molecule has 7 heteroatoms. The predicted molar refractivity (Wildman–Crippen MR) is 124 cm³/mol. The smallest absolute Gasteiger partial charge is 0.126 e. The number of hydrogen-bond donors (Lipinski definition) is 3. The zero-order valence-corrected chi connectivity index (χ0v) is 18.6. The van der Waals surface area contributed by atoms with Gasteiger partial charge in [-0.15, -0.1) is 0 Å². The van der Waals surface area contributed by atoms with Gasteiger partial charge in [0.2, 0.25) is 0 Å². The molecule has 3 aliphatic rings. The Bertz CT molecular complexity index is 1150. The van der Waals surface area contributed by atoms with Crippen LogP contribution in [-0.4, -0.2) is 59.6 Å². The molecular formula is C25H30FN5O. The van der Waals surface area contributed by atoms with Gasteiger partial charge in [-0.1, -0.05) is 12.1 Å². The Balaban J connectivity index is 1.46. The zero-order chi connectivity index (χ0) is 21.9. The Morgan fingerprint density at radius 3 is 2.75 bits per heavy atom. The lowest BCUT2D eigenvalue weighted by molar-refractivity contribution is 0.0974. The third-order valence-electron chi connectivity index (χ3n) is 7.40. The van der Waals surface area contributed by atoms with Crippen molar-refractivity contribution in [1.82, 2.24) is 20.4 Å². The average Bonchev–Trinajstić information content (AvgIpc) is 3.29. The first kappa shape index (κ1) is 20.0. The molecule has 3 N–H and O–H groups in total. The molecule has 0 amide bonds. The van der Waals surface area contributed by atoms with Gasteiger partial charge >= 0.3 is 0 Å². The number of ether oxygens (including phenoxy) is 1. The van der Waals surface area contributed by atoms with Gasteiger partial charge in [0.25, 0.3) is 0 Å². The molecule has 168 valence electrons. The number of anilines is 1. The molecule has 1 saturated heterocycles. The van der Waals surface area contributed by atoms with Crippen LogP contribution in [0.2, 0.25) is 0 Å². The predicted octanol–water partition coefficient (Wildman–Crippen LogP) is 3.79. The van der Waals surface area contributed by atoms with Gasteiger partial charge in [-0.2, -0.15) is 5.10 Å². The molecule has 0 bridgehead atoms. The fraction of sp³-hybridized carbons (Fsp3) is 0.480. The lowest BCUT2D eigenvalue weighted by atomic mass is 9.83. The topological polar surface area (TPSA) is 65.2 Å². The number of nitrogens with zero attached hydrogens (tertiary/aromatic N) is 2. The van der Waals surface area contributed by atoms with Crippen molar-refractivity contribution < 1.29 is 9.13 Å². The highest BCUT2D eigenvalue weighted by atomic mass is 19.1. The SMILES string of the molecule is COc1cc(NC2CNC2)ccc1C1c2ccc3[nH]ncc3c2C[C@@H](C)N1CC1(F)CC1. The van der Waals surface area contributed by atoms with E-state index in [1.807, 2.05) is 6.20 Å².